The topological polar surface area (TPSA) is 73.2 Å². The number of nitrogens with zero attached hydrogens (tertiary/aromatic N) is 2. The molecule has 0 unspecified atom stereocenters. The molecule has 1 N–H and O–H groups in total. The number of hydrogen-bond donors (Lipinski definition) is 1. The van der Waals surface area contributed by atoms with Crippen molar-refractivity contribution in [1.82, 2.24) is 15.1 Å². The van der Waals surface area contributed by atoms with E-state index in [-0.39, 0.29) is 5.91 Å². The molecule has 6 nitrogen and oxygen atoms in total. The van der Waals surface area contributed by atoms with Crippen molar-refractivity contribution in [1.29, 1.82) is 0 Å². The van der Waals surface area contributed by atoms with Gasteiger partial charge in [-0.3, -0.25) is 9.48 Å². The monoisotopic (exact) mass is 397 g/mol. The lowest BCUT2D eigenvalue weighted by Crippen LogP contribution is -2.35. The van der Waals surface area contributed by atoms with Gasteiger partial charge in [0.2, 0.25) is 0 Å². The molecule has 0 saturated carbocycles. The van der Waals surface area contributed by atoms with E-state index in [0.717, 1.165) is 21.5 Å². The Labute approximate surface area is 167 Å². The van der Waals surface area contributed by atoms with Crippen LogP contribution in [0.4, 0.5) is 0 Å². The number of fused-ring (bicyclic) bond motifs is 1. The summed E-state index contributed by atoms with van der Waals surface area (Å²) in [5.74, 6) is -0.861. The number of benzene rings is 1. The summed E-state index contributed by atoms with van der Waals surface area (Å²) >= 11 is 1.32. The highest BCUT2D eigenvalue weighted by Gasteiger charge is 2.22. The summed E-state index contributed by atoms with van der Waals surface area (Å²) in [5, 5.41) is 8.13. The molecule has 0 spiro atoms. The van der Waals surface area contributed by atoms with Crippen molar-refractivity contribution in [3.8, 4) is 0 Å². The summed E-state index contributed by atoms with van der Waals surface area (Å²) < 4.78 is 7.20. The van der Waals surface area contributed by atoms with E-state index >= 15 is 0 Å². The molecule has 2 aromatic heterocycles. The van der Waals surface area contributed by atoms with E-state index in [1.165, 1.54) is 16.9 Å². The van der Waals surface area contributed by atoms with E-state index in [4.69, 9.17) is 4.74 Å². The van der Waals surface area contributed by atoms with Crippen LogP contribution in [0.15, 0.2) is 43.0 Å². The first-order chi connectivity index (χ1) is 13.4. The van der Waals surface area contributed by atoms with Crippen LogP contribution in [0.1, 0.15) is 33.4 Å². The second kappa shape index (κ2) is 8.39. The molecular formula is C21H23N3O3S. The Morgan fingerprint density at radius 1 is 1.32 bits per heavy atom. The lowest BCUT2D eigenvalue weighted by molar-refractivity contribution is -0.128. The summed E-state index contributed by atoms with van der Waals surface area (Å²) in [6.07, 6.45) is 0.698. The lowest BCUT2D eigenvalue weighted by Gasteiger charge is -2.11. The second-order valence-corrected chi connectivity index (χ2v) is 7.67. The minimum atomic E-state index is -0.872. The van der Waals surface area contributed by atoms with Gasteiger partial charge in [-0.05, 0) is 32.4 Å². The highest BCUT2D eigenvalue weighted by Crippen LogP contribution is 2.29. The van der Waals surface area contributed by atoms with E-state index in [9.17, 15) is 9.59 Å². The molecule has 0 radical (unpaired) electrons. The predicted octanol–water partition coefficient (Wildman–Crippen LogP) is 3.61. The number of nitrogens with one attached hydrogen (secondary N) is 1. The van der Waals surface area contributed by atoms with E-state index in [0.29, 0.717) is 18.0 Å². The Hall–Kier alpha value is -2.93. The number of hydrogen-bond acceptors (Lipinski definition) is 5. The number of esters is 1. The number of aromatic nitrogens is 2. The molecule has 146 valence electrons. The quantitative estimate of drug-likeness (QED) is 0.488. The maximum atomic E-state index is 12.5. The van der Waals surface area contributed by atoms with Crippen molar-refractivity contribution >= 4 is 33.4 Å². The molecule has 28 heavy (non-hydrogen) atoms. The Morgan fingerprint density at radius 3 is 2.71 bits per heavy atom. The molecule has 0 aliphatic heterocycles. The molecule has 0 bridgehead atoms. The fraction of sp³-hybridized carbons (Fsp3) is 0.286. The molecule has 1 aromatic carbocycles. The van der Waals surface area contributed by atoms with Gasteiger partial charge in [-0.1, -0.05) is 35.9 Å². The zero-order valence-electron chi connectivity index (χ0n) is 16.2. The van der Waals surface area contributed by atoms with Gasteiger partial charge in [-0.25, -0.2) is 4.79 Å². The maximum Gasteiger partial charge on any atom is 0.349 e. The van der Waals surface area contributed by atoms with E-state index in [1.807, 2.05) is 11.6 Å². The summed E-state index contributed by atoms with van der Waals surface area (Å²) in [4.78, 5) is 25.7. The molecule has 0 saturated heterocycles. The van der Waals surface area contributed by atoms with Crippen molar-refractivity contribution in [3.63, 3.8) is 0 Å². The molecule has 3 aromatic rings. The number of ether oxygens (including phenoxy) is 1. The number of rotatable bonds is 7. The Bertz CT molecular complexity index is 1020. The first-order valence-corrected chi connectivity index (χ1v) is 9.82. The van der Waals surface area contributed by atoms with Gasteiger partial charge in [0.25, 0.3) is 5.91 Å². The van der Waals surface area contributed by atoms with Gasteiger partial charge in [-0.2, -0.15) is 5.10 Å². The van der Waals surface area contributed by atoms with E-state index in [2.05, 4.69) is 48.2 Å². The molecule has 1 amide bonds. The van der Waals surface area contributed by atoms with Gasteiger partial charge in [0.15, 0.2) is 6.10 Å². The smallest absolute Gasteiger partial charge is 0.349 e. The largest absolute Gasteiger partial charge is 0.448 e. The average Bonchev–Trinajstić information content (AvgIpc) is 3.23. The fourth-order valence-corrected chi connectivity index (χ4v) is 3.82. The third-order valence-corrected chi connectivity index (χ3v) is 5.46. The summed E-state index contributed by atoms with van der Waals surface area (Å²) in [7, 11) is 0. The average molecular weight is 398 g/mol. The molecule has 7 heteroatoms. The molecule has 0 fully saturated rings. The van der Waals surface area contributed by atoms with Crippen LogP contribution in [0.25, 0.3) is 10.2 Å². The van der Waals surface area contributed by atoms with E-state index in [1.54, 1.807) is 19.1 Å². The van der Waals surface area contributed by atoms with Gasteiger partial charge in [-0.15, -0.1) is 17.9 Å². The van der Waals surface area contributed by atoms with Crippen molar-refractivity contribution < 1.29 is 14.3 Å². The van der Waals surface area contributed by atoms with Gasteiger partial charge in [0.1, 0.15) is 9.71 Å². The van der Waals surface area contributed by atoms with Crippen LogP contribution in [0, 0.1) is 13.8 Å². The Balaban J connectivity index is 1.78. The number of carbonyl (C=O) groups is 2. The van der Waals surface area contributed by atoms with Crippen molar-refractivity contribution in [2.45, 2.75) is 33.4 Å². The Kier molecular flexibility index (Phi) is 5.94. The molecular weight excluding hydrogens is 374 g/mol. The highest BCUT2D eigenvalue weighted by molar-refractivity contribution is 7.20. The molecule has 1 atom stereocenters. The van der Waals surface area contributed by atoms with Crippen LogP contribution in [0.2, 0.25) is 0 Å². The molecule has 2 heterocycles. The van der Waals surface area contributed by atoms with Crippen LogP contribution in [-0.2, 0) is 16.1 Å². The standard InChI is InChI=1S/C21H23N3O3S/c1-5-10-22-19(25)15(4)27-21(26)18-11-17-14(3)23-24(20(17)28-18)12-16-8-6-13(2)7-9-16/h5-9,11,15H,1,10,12H2,2-4H3,(H,22,25)/t15-/m0/s1. The number of carbonyl (C=O) groups excluding carboxylic acids is 2. The number of thiophene rings is 1. The zero-order chi connectivity index (χ0) is 20.3. The van der Waals surface area contributed by atoms with Gasteiger partial charge >= 0.3 is 5.97 Å². The SMILES string of the molecule is C=CCNC(=O)[C@H](C)OC(=O)c1cc2c(C)nn(Cc3ccc(C)cc3)c2s1. The molecule has 0 aliphatic carbocycles. The number of amides is 1. The van der Waals surface area contributed by atoms with Crippen LogP contribution >= 0.6 is 11.3 Å². The van der Waals surface area contributed by atoms with Crippen LogP contribution in [0.3, 0.4) is 0 Å². The van der Waals surface area contributed by atoms with Crippen molar-refractivity contribution in [2.75, 3.05) is 6.54 Å². The maximum absolute atomic E-state index is 12.5. The third kappa shape index (κ3) is 4.31. The minimum absolute atomic E-state index is 0.331. The van der Waals surface area contributed by atoms with Crippen molar-refractivity contribution in [2.24, 2.45) is 0 Å². The van der Waals surface area contributed by atoms with Crippen molar-refractivity contribution in [3.05, 3.63) is 64.7 Å². The predicted molar refractivity (Wildman–Crippen MR) is 111 cm³/mol. The van der Waals surface area contributed by atoms with Crippen LogP contribution in [-0.4, -0.2) is 34.3 Å². The van der Waals surface area contributed by atoms with Gasteiger partial charge in [0.05, 0.1) is 12.2 Å². The van der Waals surface area contributed by atoms with Gasteiger partial charge < -0.3 is 10.1 Å². The molecule has 0 aliphatic rings. The third-order valence-electron chi connectivity index (χ3n) is 4.34. The minimum Gasteiger partial charge on any atom is -0.448 e. The fourth-order valence-electron chi connectivity index (χ4n) is 2.78. The zero-order valence-corrected chi connectivity index (χ0v) is 17.0. The molecule has 3 rings (SSSR count). The first-order valence-electron chi connectivity index (χ1n) is 9.01. The summed E-state index contributed by atoms with van der Waals surface area (Å²) in [6.45, 7) is 10.0. The normalized spacial score (nSPS) is 12.0. The summed E-state index contributed by atoms with van der Waals surface area (Å²) in [5.41, 5.74) is 3.20. The number of aryl methyl sites for hydroxylation is 2. The lowest BCUT2D eigenvalue weighted by atomic mass is 10.1. The second-order valence-electron chi connectivity index (χ2n) is 6.64. The van der Waals surface area contributed by atoms with E-state index < -0.39 is 12.1 Å². The summed E-state index contributed by atoms with van der Waals surface area (Å²) in [6, 6.07) is 10.1. The van der Waals surface area contributed by atoms with Crippen LogP contribution < -0.4 is 5.32 Å². The Morgan fingerprint density at radius 2 is 2.04 bits per heavy atom. The van der Waals surface area contributed by atoms with Gasteiger partial charge in [0, 0.05) is 11.9 Å². The first kappa shape index (κ1) is 19.8. The highest BCUT2D eigenvalue weighted by atomic mass is 32.1. The van der Waals surface area contributed by atoms with Crippen LogP contribution in [0.5, 0.6) is 0 Å².